The maximum Gasteiger partial charge on any atom is 0.244 e. The van der Waals surface area contributed by atoms with E-state index >= 15 is 0 Å². The minimum Gasteiger partial charge on any atom is -0.497 e. The molecule has 0 aliphatic rings. The van der Waals surface area contributed by atoms with Crippen LogP contribution in [0.15, 0.2) is 30.3 Å². The van der Waals surface area contributed by atoms with E-state index in [9.17, 15) is 4.79 Å². The summed E-state index contributed by atoms with van der Waals surface area (Å²) in [4.78, 5) is 12.2. The highest BCUT2D eigenvalue weighted by molar-refractivity contribution is 5.92. The summed E-state index contributed by atoms with van der Waals surface area (Å²) < 4.78 is 12.4. The summed E-state index contributed by atoms with van der Waals surface area (Å²) in [5, 5.41) is 2.86. The fourth-order valence-corrected chi connectivity index (χ4v) is 2.19. The number of aromatic nitrogens is 1. The zero-order valence-electron chi connectivity index (χ0n) is 12.8. The van der Waals surface area contributed by atoms with Gasteiger partial charge in [-0.1, -0.05) is 0 Å². The third kappa shape index (κ3) is 3.37. The predicted molar refractivity (Wildman–Crippen MR) is 82.1 cm³/mol. The average Bonchev–Trinajstić information content (AvgIpc) is 2.79. The van der Waals surface area contributed by atoms with Crippen LogP contribution in [0.1, 0.15) is 11.4 Å². The van der Waals surface area contributed by atoms with Gasteiger partial charge in [0.15, 0.2) is 0 Å². The number of benzene rings is 1. The number of rotatable bonds is 5. The Hall–Kier alpha value is -2.43. The second-order valence-electron chi connectivity index (χ2n) is 4.82. The second kappa shape index (κ2) is 6.35. The van der Waals surface area contributed by atoms with Crippen molar-refractivity contribution in [3.63, 3.8) is 0 Å². The molecule has 5 nitrogen and oxygen atoms in total. The summed E-state index contributed by atoms with van der Waals surface area (Å²) in [6, 6.07) is 9.28. The Kier molecular flexibility index (Phi) is 4.52. The van der Waals surface area contributed by atoms with Crippen molar-refractivity contribution >= 4 is 11.6 Å². The topological polar surface area (TPSA) is 52.5 Å². The van der Waals surface area contributed by atoms with Gasteiger partial charge in [-0.3, -0.25) is 4.79 Å². The van der Waals surface area contributed by atoms with Crippen LogP contribution >= 0.6 is 0 Å². The van der Waals surface area contributed by atoms with Gasteiger partial charge in [-0.15, -0.1) is 0 Å². The Balaban J connectivity index is 2.16. The van der Waals surface area contributed by atoms with E-state index in [-0.39, 0.29) is 12.5 Å². The third-order valence-corrected chi connectivity index (χ3v) is 3.40. The van der Waals surface area contributed by atoms with E-state index in [1.807, 2.05) is 30.5 Å². The molecule has 2 aromatic rings. The normalized spacial score (nSPS) is 10.3. The van der Waals surface area contributed by atoms with Gasteiger partial charge in [-0.05, 0) is 38.1 Å². The molecule has 0 aliphatic heterocycles. The van der Waals surface area contributed by atoms with Crippen LogP contribution in [-0.4, -0.2) is 24.7 Å². The number of methoxy groups -OCH3 is 2. The molecule has 0 fully saturated rings. The number of nitrogens with one attached hydrogen (secondary N) is 1. The number of amides is 1. The molecule has 21 heavy (non-hydrogen) atoms. The van der Waals surface area contributed by atoms with Gasteiger partial charge in [0.2, 0.25) is 5.91 Å². The monoisotopic (exact) mass is 288 g/mol. The van der Waals surface area contributed by atoms with Crippen molar-refractivity contribution in [1.82, 2.24) is 4.57 Å². The second-order valence-corrected chi connectivity index (χ2v) is 4.82. The van der Waals surface area contributed by atoms with Crippen LogP contribution in [0.4, 0.5) is 5.69 Å². The van der Waals surface area contributed by atoms with E-state index in [4.69, 9.17) is 9.47 Å². The molecule has 2 rings (SSSR count). The van der Waals surface area contributed by atoms with Gasteiger partial charge in [-0.25, -0.2) is 0 Å². The smallest absolute Gasteiger partial charge is 0.244 e. The molecule has 0 atom stereocenters. The maximum atomic E-state index is 12.2. The summed E-state index contributed by atoms with van der Waals surface area (Å²) in [5.41, 5.74) is 2.71. The molecule has 0 unspecified atom stereocenters. The standard InChI is InChI=1S/C16H20N2O3/c1-11-5-6-12(2)18(11)10-16(19)17-14-9-13(20-3)7-8-15(14)21-4/h5-9H,10H2,1-4H3,(H,17,19). The summed E-state index contributed by atoms with van der Waals surface area (Å²) in [6.07, 6.45) is 0. The van der Waals surface area contributed by atoms with Crippen molar-refractivity contribution in [3.05, 3.63) is 41.7 Å². The van der Waals surface area contributed by atoms with E-state index in [0.29, 0.717) is 17.2 Å². The molecule has 1 heterocycles. The van der Waals surface area contributed by atoms with Gasteiger partial charge in [0.1, 0.15) is 18.0 Å². The first-order chi connectivity index (χ1) is 10.0. The van der Waals surface area contributed by atoms with E-state index in [1.165, 1.54) is 0 Å². The molecule has 1 N–H and O–H groups in total. The average molecular weight is 288 g/mol. The van der Waals surface area contributed by atoms with Gasteiger partial charge in [-0.2, -0.15) is 0 Å². The zero-order valence-corrected chi connectivity index (χ0v) is 12.8. The van der Waals surface area contributed by atoms with Gasteiger partial charge in [0.25, 0.3) is 0 Å². The fourth-order valence-electron chi connectivity index (χ4n) is 2.19. The number of ether oxygens (including phenoxy) is 2. The molecular weight excluding hydrogens is 268 g/mol. The molecule has 0 aliphatic carbocycles. The largest absolute Gasteiger partial charge is 0.497 e. The first kappa shape index (κ1) is 15.0. The molecule has 0 bridgehead atoms. The highest BCUT2D eigenvalue weighted by Crippen LogP contribution is 2.28. The van der Waals surface area contributed by atoms with E-state index in [2.05, 4.69) is 5.32 Å². The highest BCUT2D eigenvalue weighted by atomic mass is 16.5. The minimum absolute atomic E-state index is 0.107. The number of anilines is 1. The summed E-state index contributed by atoms with van der Waals surface area (Å²) in [6.45, 7) is 4.23. The predicted octanol–water partition coefficient (Wildman–Crippen LogP) is 2.76. The SMILES string of the molecule is COc1ccc(OC)c(NC(=O)Cn2c(C)ccc2C)c1. The molecule has 112 valence electrons. The molecule has 1 aromatic heterocycles. The third-order valence-electron chi connectivity index (χ3n) is 3.40. The Morgan fingerprint density at radius 2 is 1.76 bits per heavy atom. The van der Waals surface area contributed by atoms with Crippen LogP contribution in [-0.2, 0) is 11.3 Å². The summed E-state index contributed by atoms with van der Waals surface area (Å²) in [5.74, 6) is 1.16. The van der Waals surface area contributed by atoms with Crippen molar-refractivity contribution < 1.29 is 14.3 Å². The molecule has 0 spiro atoms. The Bertz CT molecular complexity index is 627. The minimum atomic E-state index is -0.107. The summed E-state index contributed by atoms with van der Waals surface area (Å²) in [7, 11) is 3.15. The number of carbonyl (C=O) groups excluding carboxylic acids is 1. The zero-order chi connectivity index (χ0) is 15.4. The lowest BCUT2D eigenvalue weighted by atomic mass is 10.2. The van der Waals surface area contributed by atoms with Crippen LogP contribution in [0.3, 0.4) is 0 Å². The Morgan fingerprint density at radius 3 is 2.33 bits per heavy atom. The van der Waals surface area contributed by atoms with Gasteiger partial charge < -0.3 is 19.4 Å². The van der Waals surface area contributed by atoms with Crippen molar-refractivity contribution in [2.45, 2.75) is 20.4 Å². The molecule has 1 aromatic carbocycles. The van der Waals surface area contributed by atoms with Crippen LogP contribution in [0.2, 0.25) is 0 Å². The first-order valence-corrected chi connectivity index (χ1v) is 6.69. The number of aryl methyl sites for hydroxylation is 2. The number of hydrogen-bond donors (Lipinski definition) is 1. The molecular formula is C16H20N2O3. The molecule has 1 amide bonds. The van der Waals surface area contributed by atoms with Gasteiger partial charge >= 0.3 is 0 Å². The molecule has 0 saturated heterocycles. The number of nitrogens with zero attached hydrogens (tertiary/aromatic N) is 1. The lowest BCUT2D eigenvalue weighted by molar-refractivity contribution is -0.116. The van der Waals surface area contributed by atoms with E-state index < -0.39 is 0 Å². The van der Waals surface area contributed by atoms with Gasteiger partial charge in [0.05, 0.1) is 19.9 Å². The quantitative estimate of drug-likeness (QED) is 0.920. The molecule has 5 heteroatoms. The Morgan fingerprint density at radius 1 is 1.10 bits per heavy atom. The lowest BCUT2D eigenvalue weighted by Crippen LogP contribution is -2.20. The Labute approximate surface area is 124 Å². The van der Waals surface area contributed by atoms with Crippen molar-refractivity contribution in [3.8, 4) is 11.5 Å². The molecule has 0 radical (unpaired) electrons. The van der Waals surface area contributed by atoms with Crippen LogP contribution < -0.4 is 14.8 Å². The van der Waals surface area contributed by atoms with Crippen LogP contribution in [0.25, 0.3) is 0 Å². The summed E-state index contributed by atoms with van der Waals surface area (Å²) >= 11 is 0. The fraction of sp³-hybridized carbons (Fsp3) is 0.312. The van der Waals surface area contributed by atoms with Crippen LogP contribution in [0, 0.1) is 13.8 Å². The van der Waals surface area contributed by atoms with E-state index in [1.54, 1.807) is 32.4 Å². The highest BCUT2D eigenvalue weighted by Gasteiger charge is 2.11. The van der Waals surface area contributed by atoms with Crippen LogP contribution in [0.5, 0.6) is 11.5 Å². The first-order valence-electron chi connectivity index (χ1n) is 6.69. The van der Waals surface area contributed by atoms with Crippen molar-refractivity contribution in [2.75, 3.05) is 19.5 Å². The maximum absolute atomic E-state index is 12.2. The lowest BCUT2D eigenvalue weighted by Gasteiger charge is -2.13. The van der Waals surface area contributed by atoms with E-state index in [0.717, 1.165) is 11.4 Å². The van der Waals surface area contributed by atoms with Crippen molar-refractivity contribution in [2.24, 2.45) is 0 Å². The molecule has 0 saturated carbocycles. The van der Waals surface area contributed by atoms with Crippen molar-refractivity contribution in [1.29, 1.82) is 0 Å². The number of carbonyl (C=O) groups is 1. The number of hydrogen-bond acceptors (Lipinski definition) is 3. The van der Waals surface area contributed by atoms with Gasteiger partial charge in [0, 0.05) is 17.5 Å².